The summed E-state index contributed by atoms with van der Waals surface area (Å²) in [6.45, 7) is 0. The lowest BCUT2D eigenvalue weighted by Crippen LogP contribution is -2.11. The van der Waals surface area contributed by atoms with Gasteiger partial charge in [-0.25, -0.2) is 0 Å². The molecule has 0 saturated heterocycles. The average molecular weight is 719 g/mol. The van der Waals surface area contributed by atoms with Gasteiger partial charge in [-0.3, -0.25) is 0 Å². The predicted molar refractivity (Wildman–Crippen MR) is 230 cm³/mol. The van der Waals surface area contributed by atoms with Crippen LogP contribution in [0.15, 0.2) is 206 Å². The fourth-order valence-electron chi connectivity index (χ4n) is 8.26. The smallest absolute Gasteiger partial charge is 0.137 e. The minimum absolute atomic E-state index is 0.823. The van der Waals surface area contributed by atoms with Crippen LogP contribution in [-0.4, -0.2) is 0 Å². The van der Waals surface area contributed by atoms with Gasteiger partial charge in [-0.1, -0.05) is 97.1 Å². The molecule has 0 spiro atoms. The van der Waals surface area contributed by atoms with Crippen molar-refractivity contribution < 1.29 is 9.47 Å². The zero-order valence-corrected chi connectivity index (χ0v) is 30.3. The highest BCUT2D eigenvalue weighted by atomic mass is 16.5. The number of ether oxygens (including phenoxy) is 2. The van der Waals surface area contributed by atoms with Gasteiger partial charge in [0.1, 0.15) is 23.0 Å². The first kappa shape index (κ1) is 31.9. The Kier molecular flexibility index (Phi) is 7.46. The lowest BCUT2D eigenvalue weighted by Gasteiger charge is -2.30. The molecule has 2 aliphatic heterocycles. The van der Waals surface area contributed by atoms with Crippen LogP contribution in [-0.2, 0) is 0 Å². The van der Waals surface area contributed by atoms with Gasteiger partial charge in [0.2, 0.25) is 0 Å². The van der Waals surface area contributed by atoms with Crippen molar-refractivity contribution in [2.45, 2.75) is 0 Å². The van der Waals surface area contributed by atoms with Crippen LogP contribution in [0.2, 0.25) is 0 Å². The number of nitrogens with zero attached hydrogens (tertiary/aromatic N) is 2. The minimum atomic E-state index is 0.823. The van der Waals surface area contributed by atoms with E-state index in [0.717, 1.165) is 90.1 Å². The van der Waals surface area contributed by atoms with Crippen molar-refractivity contribution in [3.8, 4) is 56.4 Å². The first-order valence-corrected chi connectivity index (χ1v) is 18.9. The second-order valence-corrected chi connectivity index (χ2v) is 14.1. The van der Waals surface area contributed by atoms with Crippen LogP contribution in [0.3, 0.4) is 0 Å². The molecule has 0 radical (unpaired) electrons. The summed E-state index contributed by atoms with van der Waals surface area (Å²) in [4.78, 5) is 4.54. The normalized spacial score (nSPS) is 11.9. The molecular weight excluding hydrogens is 685 g/mol. The highest BCUT2D eigenvalue weighted by molar-refractivity contribution is 6.14. The van der Waals surface area contributed by atoms with Gasteiger partial charge in [-0.2, -0.15) is 0 Å². The largest absolute Gasteiger partial charge is 0.456 e. The molecule has 4 heteroatoms. The number of para-hydroxylation sites is 3. The number of anilines is 6. The molecule has 4 nitrogen and oxygen atoms in total. The highest BCUT2D eigenvalue weighted by Crippen LogP contribution is 2.56. The Morgan fingerprint density at radius 1 is 0.250 bits per heavy atom. The number of hydrogen-bond acceptors (Lipinski definition) is 4. The van der Waals surface area contributed by atoms with Crippen LogP contribution in [0.1, 0.15) is 0 Å². The molecule has 0 N–H and O–H groups in total. The molecule has 0 bridgehead atoms. The van der Waals surface area contributed by atoms with E-state index < -0.39 is 0 Å². The summed E-state index contributed by atoms with van der Waals surface area (Å²) < 4.78 is 13.6. The van der Waals surface area contributed by atoms with E-state index in [2.05, 4.69) is 198 Å². The van der Waals surface area contributed by atoms with Crippen molar-refractivity contribution in [1.82, 2.24) is 0 Å². The maximum Gasteiger partial charge on any atom is 0.137 e. The van der Waals surface area contributed by atoms with E-state index in [-0.39, 0.29) is 0 Å². The molecule has 0 aromatic heterocycles. The fourth-order valence-corrected chi connectivity index (χ4v) is 8.26. The third kappa shape index (κ3) is 5.31. The zero-order valence-electron chi connectivity index (χ0n) is 30.3. The second-order valence-electron chi connectivity index (χ2n) is 14.1. The molecule has 56 heavy (non-hydrogen) atoms. The van der Waals surface area contributed by atoms with Crippen molar-refractivity contribution in [2.24, 2.45) is 0 Å². The van der Waals surface area contributed by atoms with Gasteiger partial charge in [-0.15, -0.1) is 0 Å². The van der Waals surface area contributed by atoms with E-state index in [1.165, 1.54) is 11.1 Å². The van der Waals surface area contributed by atoms with Crippen LogP contribution >= 0.6 is 0 Å². The zero-order chi connectivity index (χ0) is 37.0. The van der Waals surface area contributed by atoms with E-state index in [1.54, 1.807) is 0 Å². The van der Waals surface area contributed by atoms with Crippen LogP contribution in [0.4, 0.5) is 34.1 Å². The van der Waals surface area contributed by atoms with Gasteiger partial charge in [0, 0.05) is 68.2 Å². The lowest BCUT2D eigenvalue weighted by atomic mass is 9.88. The van der Waals surface area contributed by atoms with Crippen molar-refractivity contribution in [1.29, 1.82) is 0 Å². The first-order valence-electron chi connectivity index (χ1n) is 18.9. The quantitative estimate of drug-likeness (QED) is 0.164. The minimum Gasteiger partial charge on any atom is -0.456 e. The Morgan fingerprint density at radius 2 is 0.589 bits per heavy atom. The molecule has 0 fully saturated rings. The molecule has 9 aromatic rings. The molecule has 264 valence electrons. The summed E-state index contributed by atoms with van der Waals surface area (Å²) in [5.74, 6) is 3.30. The van der Waals surface area contributed by atoms with Gasteiger partial charge in [0.15, 0.2) is 0 Å². The maximum atomic E-state index is 6.82. The Hall–Kier alpha value is -7.56. The van der Waals surface area contributed by atoms with E-state index in [9.17, 15) is 0 Å². The molecule has 0 aliphatic carbocycles. The Morgan fingerprint density at radius 3 is 1.02 bits per heavy atom. The molecule has 0 saturated carbocycles. The van der Waals surface area contributed by atoms with Crippen LogP contribution in [0.25, 0.3) is 44.2 Å². The SMILES string of the molecule is c1ccc(-c2ccc(N(c3ccccc3)c3ccc4c(c3)Oc3ccc5c6c(ccc-4c36)Oc3cc(N(c4ccccc4)c4ccccc4)ccc3-5)cc2)cc1. The molecule has 2 heterocycles. The van der Waals surface area contributed by atoms with Crippen molar-refractivity contribution in [3.05, 3.63) is 206 Å². The lowest BCUT2D eigenvalue weighted by molar-refractivity contribution is 0.480. The van der Waals surface area contributed by atoms with Crippen LogP contribution in [0, 0.1) is 0 Å². The third-order valence-electron chi connectivity index (χ3n) is 10.8. The van der Waals surface area contributed by atoms with Gasteiger partial charge < -0.3 is 19.3 Å². The van der Waals surface area contributed by atoms with Crippen LogP contribution < -0.4 is 19.3 Å². The van der Waals surface area contributed by atoms with E-state index in [0.29, 0.717) is 0 Å². The summed E-state index contributed by atoms with van der Waals surface area (Å²) in [7, 11) is 0. The Labute approximate surface area is 325 Å². The van der Waals surface area contributed by atoms with Gasteiger partial charge >= 0.3 is 0 Å². The van der Waals surface area contributed by atoms with Crippen molar-refractivity contribution >= 4 is 44.9 Å². The van der Waals surface area contributed by atoms with Crippen molar-refractivity contribution in [3.63, 3.8) is 0 Å². The molecule has 9 aromatic carbocycles. The second kappa shape index (κ2) is 13.1. The number of rotatable bonds is 7. The van der Waals surface area contributed by atoms with E-state index in [4.69, 9.17) is 9.47 Å². The number of benzene rings is 9. The molecule has 0 amide bonds. The molecule has 11 rings (SSSR count). The first-order chi connectivity index (χ1) is 27.8. The van der Waals surface area contributed by atoms with Gasteiger partial charge in [0.05, 0.1) is 0 Å². The monoisotopic (exact) mass is 718 g/mol. The Balaban J connectivity index is 0.981. The molecule has 2 aliphatic rings. The summed E-state index contributed by atoms with van der Waals surface area (Å²) >= 11 is 0. The Bertz CT molecular complexity index is 2860. The maximum absolute atomic E-state index is 6.82. The average Bonchev–Trinajstić information content (AvgIpc) is 3.27. The fraction of sp³-hybridized carbons (Fsp3) is 0. The summed E-state index contributed by atoms with van der Waals surface area (Å²) in [5.41, 5.74) is 13.1. The van der Waals surface area contributed by atoms with E-state index >= 15 is 0 Å². The van der Waals surface area contributed by atoms with Gasteiger partial charge in [0.25, 0.3) is 0 Å². The molecule has 0 atom stereocenters. The number of fused-ring (bicyclic) bond motifs is 4. The van der Waals surface area contributed by atoms with Crippen molar-refractivity contribution in [2.75, 3.05) is 9.80 Å². The standard InChI is InChI=1S/C52H34N2O2/c1-5-13-35(14-6-1)36-21-23-40(24-22-36)54(39-19-11-4-12-20-39)42-26-28-44-46-30-31-47-51-45(29-32-48(52(46)51)56-50(44)34-42)43-27-25-41(33-49(43)55-47)53(37-15-7-2-8-16-37)38-17-9-3-10-18-38/h1-34H. The van der Waals surface area contributed by atoms with Crippen LogP contribution in [0.5, 0.6) is 23.0 Å². The summed E-state index contributed by atoms with van der Waals surface area (Å²) in [6.07, 6.45) is 0. The summed E-state index contributed by atoms with van der Waals surface area (Å²) in [5, 5.41) is 2.14. The predicted octanol–water partition coefficient (Wildman–Crippen LogP) is 15.0. The number of hydrogen-bond donors (Lipinski definition) is 0. The van der Waals surface area contributed by atoms with Gasteiger partial charge in [-0.05, 0) is 119 Å². The molecule has 0 unspecified atom stereocenters. The highest BCUT2D eigenvalue weighted by Gasteiger charge is 2.29. The third-order valence-corrected chi connectivity index (χ3v) is 10.8. The molecular formula is C52H34N2O2. The summed E-state index contributed by atoms with van der Waals surface area (Å²) in [6, 6.07) is 72.3. The topological polar surface area (TPSA) is 24.9 Å². The van der Waals surface area contributed by atoms with E-state index in [1.807, 2.05) is 18.2 Å².